The van der Waals surface area contributed by atoms with Gasteiger partial charge in [-0.15, -0.1) is 0 Å². The van der Waals surface area contributed by atoms with Crippen LogP contribution in [0.3, 0.4) is 0 Å². The van der Waals surface area contributed by atoms with Crippen LogP contribution in [0.5, 0.6) is 0 Å². The van der Waals surface area contributed by atoms with Crippen molar-refractivity contribution in [1.82, 2.24) is 31.9 Å². The topological polar surface area (TPSA) is 328 Å². The molecule has 19 nitrogen and oxygen atoms in total. The van der Waals surface area contributed by atoms with E-state index in [1.165, 1.54) is 0 Å². The summed E-state index contributed by atoms with van der Waals surface area (Å²) < 4.78 is 0. The maximum absolute atomic E-state index is 14.0. The van der Waals surface area contributed by atoms with E-state index in [4.69, 9.17) is 28.0 Å². The van der Waals surface area contributed by atoms with Crippen molar-refractivity contribution in [2.75, 3.05) is 26.2 Å². The van der Waals surface area contributed by atoms with E-state index in [9.17, 15) is 33.6 Å². The number of nitrogens with two attached hydrogens (primary N) is 4. The highest BCUT2D eigenvalue weighted by atomic mass is 16.4. The summed E-state index contributed by atoms with van der Waals surface area (Å²) in [4.78, 5) is 96.3. The van der Waals surface area contributed by atoms with Crippen LogP contribution in [0.1, 0.15) is 91.0 Å². The van der Waals surface area contributed by atoms with Gasteiger partial charge in [-0.05, 0) is 82.4 Å². The number of unbranched alkanes of at least 4 members (excludes halogenated alkanes) is 2. The summed E-state index contributed by atoms with van der Waals surface area (Å²) in [5.41, 5.74) is 23.0. The first-order chi connectivity index (χ1) is 27.5. The third-order valence-corrected chi connectivity index (χ3v) is 8.93. The molecule has 0 fully saturated rings. The van der Waals surface area contributed by atoms with Crippen LogP contribution in [0.15, 0.2) is 35.3 Å². The standard InChI is InChI=1S/C39H67N11O8/c1-24(2)21-30(38(58)50-31(34(54)45-23-32(51)52)22-26-13-6-5-7-14-26)49-37(57)28(16-9-11-19-41)47-36(56)29(17-12-20-44-39(42)43)48-35(55)27(15-8-10-18-40)46-33(53)25(3)4/h5-7,13-14,24-25,27-31H,8-12,15-23,40-41H2,1-4H3,(H,45,54)(H,46,53)(H,47,56)(H,48,55)(H,49,57)(H,50,58)(H,51,52)(H4,42,43,44)/t27-,28-,29-,30-,31-/m0/s1. The maximum atomic E-state index is 14.0. The summed E-state index contributed by atoms with van der Waals surface area (Å²) in [6.07, 6.45) is 3.10. The van der Waals surface area contributed by atoms with E-state index < -0.39 is 78.2 Å². The van der Waals surface area contributed by atoms with Crippen LogP contribution < -0.4 is 54.8 Å². The van der Waals surface area contributed by atoms with Gasteiger partial charge in [-0.25, -0.2) is 0 Å². The first-order valence-electron chi connectivity index (χ1n) is 20.0. The third-order valence-electron chi connectivity index (χ3n) is 8.93. The highest BCUT2D eigenvalue weighted by Crippen LogP contribution is 2.11. The molecule has 58 heavy (non-hydrogen) atoms. The van der Waals surface area contributed by atoms with Gasteiger partial charge in [0.25, 0.3) is 0 Å². The molecule has 0 aliphatic heterocycles. The molecule has 5 atom stereocenters. The van der Waals surface area contributed by atoms with Crippen molar-refractivity contribution >= 4 is 47.4 Å². The number of guanidine groups is 1. The first-order valence-corrected chi connectivity index (χ1v) is 20.0. The quantitative estimate of drug-likeness (QED) is 0.0260. The molecule has 0 saturated heterocycles. The minimum atomic E-state index is -1.26. The molecular formula is C39H67N11O8. The number of aliphatic carboxylic acids is 1. The van der Waals surface area contributed by atoms with Crippen LogP contribution in [-0.2, 0) is 40.0 Å². The number of hydrogen-bond donors (Lipinski definition) is 11. The summed E-state index contributed by atoms with van der Waals surface area (Å²) in [5, 5.41) is 25.1. The van der Waals surface area contributed by atoms with E-state index in [1.807, 2.05) is 13.8 Å². The summed E-state index contributed by atoms with van der Waals surface area (Å²) in [7, 11) is 0. The predicted octanol–water partition coefficient (Wildman–Crippen LogP) is -1.13. The van der Waals surface area contributed by atoms with E-state index in [-0.39, 0.29) is 62.9 Å². The number of carbonyl (C=O) groups excluding carboxylic acids is 6. The maximum Gasteiger partial charge on any atom is 0.322 e. The Labute approximate surface area is 341 Å². The second kappa shape index (κ2) is 28.2. The number of benzene rings is 1. The van der Waals surface area contributed by atoms with Gasteiger partial charge in [0.05, 0.1) is 0 Å². The molecule has 1 aromatic rings. The van der Waals surface area contributed by atoms with Gasteiger partial charge < -0.3 is 59.9 Å². The number of hydrogen-bond acceptors (Lipinski definition) is 10. The Balaban J connectivity index is 3.39. The number of nitrogens with one attached hydrogen (secondary N) is 6. The van der Waals surface area contributed by atoms with E-state index in [0.29, 0.717) is 44.3 Å². The molecule has 0 aliphatic carbocycles. The molecule has 0 unspecified atom stereocenters. The molecule has 0 aromatic heterocycles. The Morgan fingerprint density at radius 3 is 1.50 bits per heavy atom. The lowest BCUT2D eigenvalue weighted by atomic mass is 10.00. The van der Waals surface area contributed by atoms with Crippen LogP contribution in [0.2, 0.25) is 0 Å². The molecule has 0 heterocycles. The molecule has 0 bridgehead atoms. The Morgan fingerprint density at radius 1 is 0.603 bits per heavy atom. The zero-order chi connectivity index (χ0) is 43.6. The molecule has 0 saturated carbocycles. The molecule has 0 aliphatic rings. The lowest BCUT2D eigenvalue weighted by Gasteiger charge is -2.28. The fourth-order valence-electron chi connectivity index (χ4n) is 5.77. The van der Waals surface area contributed by atoms with E-state index in [0.717, 1.165) is 0 Å². The van der Waals surface area contributed by atoms with Crippen molar-refractivity contribution in [2.45, 2.75) is 122 Å². The molecule has 326 valence electrons. The van der Waals surface area contributed by atoms with Crippen molar-refractivity contribution in [3.63, 3.8) is 0 Å². The van der Waals surface area contributed by atoms with Crippen LogP contribution in [-0.4, -0.2) is 109 Å². The van der Waals surface area contributed by atoms with Gasteiger partial charge in [-0.2, -0.15) is 0 Å². The molecule has 6 amide bonds. The number of carbonyl (C=O) groups is 7. The highest BCUT2D eigenvalue weighted by molar-refractivity contribution is 5.96. The molecule has 19 heteroatoms. The molecule has 1 rings (SSSR count). The summed E-state index contributed by atoms with van der Waals surface area (Å²) >= 11 is 0. The second-order valence-electron chi connectivity index (χ2n) is 14.9. The Hall–Kier alpha value is -5.30. The van der Waals surface area contributed by atoms with E-state index in [1.54, 1.807) is 44.2 Å². The van der Waals surface area contributed by atoms with Crippen molar-refractivity contribution in [3.05, 3.63) is 35.9 Å². The predicted molar refractivity (Wildman–Crippen MR) is 220 cm³/mol. The normalized spacial score (nSPS) is 13.6. The zero-order valence-corrected chi connectivity index (χ0v) is 34.4. The zero-order valence-electron chi connectivity index (χ0n) is 34.4. The SMILES string of the molecule is CC(C)C[C@H](NC(=O)[C@H](CCCCN)NC(=O)[C@H](CCCN=C(N)N)NC(=O)[C@H](CCCCN)NC(=O)C(C)C)C(=O)N[C@@H](Cc1ccccc1)C(=O)NCC(=O)O. The van der Waals surface area contributed by atoms with Crippen LogP contribution in [0.4, 0.5) is 0 Å². The number of amides is 6. The number of carboxylic acids is 1. The van der Waals surface area contributed by atoms with Crippen molar-refractivity contribution in [2.24, 2.45) is 39.8 Å². The smallest absolute Gasteiger partial charge is 0.322 e. The highest BCUT2D eigenvalue weighted by Gasteiger charge is 2.33. The minimum Gasteiger partial charge on any atom is -0.480 e. The van der Waals surface area contributed by atoms with Crippen LogP contribution in [0.25, 0.3) is 0 Å². The second-order valence-corrected chi connectivity index (χ2v) is 14.9. The lowest BCUT2D eigenvalue weighted by molar-refractivity contribution is -0.138. The Bertz CT molecular complexity index is 1490. The fourth-order valence-corrected chi connectivity index (χ4v) is 5.77. The number of nitrogens with zero attached hydrogens (tertiary/aromatic N) is 1. The molecule has 0 radical (unpaired) electrons. The third kappa shape index (κ3) is 21.3. The fraction of sp³-hybridized carbons (Fsp3) is 0.641. The van der Waals surface area contributed by atoms with Gasteiger partial charge in [-0.1, -0.05) is 58.0 Å². The monoisotopic (exact) mass is 818 g/mol. The van der Waals surface area contributed by atoms with Gasteiger partial charge >= 0.3 is 5.97 Å². The van der Waals surface area contributed by atoms with Gasteiger partial charge in [0, 0.05) is 18.9 Å². The van der Waals surface area contributed by atoms with E-state index in [2.05, 4.69) is 36.9 Å². The molecular weight excluding hydrogens is 750 g/mol. The first kappa shape index (κ1) is 50.7. The average molecular weight is 818 g/mol. The number of rotatable bonds is 29. The van der Waals surface area contributed by atoms with Gasteiger partial charge in [0.15, 0.2) is 5.96 Å². The molecule has 0 spiro atoms. The van der Waals surface area contributed by atoms with Crippen LogP contribution in [0, 0.1) is 11.8 Å². The molecule has 1 aromatic carbocycles. The van der Waals surface area contributed by atoms with Crippen molar-refractivity contribution in [3.8, 4) is 0 Å². The number of aliphatic imine (C=N–C) groups is 1. The summed E-state index contributed by atoms with van der Waals surface area (Å²) in [6.45, 7) is 7.28. The minimum absolute atomic E-state index is 0.0451. The van der Waals surface area contributed by atoms with Gasteiger partial charge in [0.2, 0.25) is 35.4 Å². The average Bonchev–Trinajstić information content (AvgIpc) is 3.16. The largest absolute Gasteiger partial charge is 0.480 e. The van der Waals surface area contributed by atoms with Crippen molar-refractivity contribution in [1.29, 1.82) is 0 Å². The Morgan fingerprint density at radius 2 is 1.05 bits per heavy atom. The summed E-state index contributed by atoms with van der Waals surface area (Å²) in [5.74, 6) is -5.63. The van der Waals surface area contributed by atoms with Gasteiger partial charge in [-0.3, -0.25) is 38.6 Å². The van der Waals surface area contributed by atoms with Crippen LogP contribution >= 0.6 is 0 Å². The van der Waals surface area contributed by atoms with E-state index >= 15 is 0 Å². The summed E-state index contributed by atoms with van der Waals surface area (Å²) in [6, 6.07) is 3.21. The Kier molecular flexibility index (Phi) is 24.6. The number of carboxylic acid groups (broad SMARTS) is 1. The van der Waals surface area contributed by atoms with Gasteiger partial charge in [0.1, 0.15) is 36.8 Å². The molecule has 15 N–H and O–H groups in total. The van der Waals surface area contributed by atoms with Crippen molar-refractivity contribution < 1.29 is 38.7 Å². The lowest BCUT2D eigenvalue weighted by Crippen LogP contribution is -2.59.